The van der Waals surface area contributed by atoms with Crippen LogP contribution in [0.3, 0.4) is 0 Å². The number of benzene rings is 2. The fourth-order valence-corrected chi connectivity index (χ4v) is 5.27. The standard InChI is InChI=1S/C25H20BrN5O2S/c1-15-21(23(32)29-19-6-4-3-5-7-19)22(17-8-10-18(26)11-9-17)31-24(33)20(34-25(31)28-15)12-16-13-27-30(2)14-16/h3-14,22H,1-2H3,(H,29,32)/b20-12+. The van der Waals surface area contributed by atoms with E-state index in [1.165, 1.54) is 11.3 Å². The molecule has 170 valence electrons. The fourth-order valence-electron chi connectivity index (χ4n) is 3.96. The van der Waals surface area contributed by atoms with E-state index in [-0.39, 0.29) is 11.5 Å². The normalized spacial score (nSPS) is 15.7. The smallest absolute Gasteiger partial charge is 0.271 e. The maximum Gasteiger partial charge on any atom is 0.271 e. The van der Waals surface area contributed by atoms with E-state index in [9.17, 15) is 9.59 Å². The van der Waals surface area contributed by atoms with Gasteiger partial charge in [0, 0.05) is 29.0 Å². The first-order chi connectivity index (χ1) is 16.4. The number of hydrogen-bond donors (Lipinski definition) is 1. The molecule has 1 atom stereocenters. The molecule has 7 nitrogen and oxygen atoms in total. The van der Waals surface area contributed by atoms with Crippen LogP contribution < -0.4 is 20.2 Å². The average Bonchev–Trinajstić information content (AvgIpc) is 3.36. The zero-order valence-electron chi connectivity index (χ0n) is 18.4. The predicted octanol–water partition coefficient (Wildman–Crippen LogP) is 3.37. The number of rotatable bonds is 4. The Labute approximate surface area is 207 Å². The Morgan fingerprint density at radius 1 is 1.15 bits per heavy atom. The molecular formula is C25H20BrN5O2S. The lowest BCUT2D eigenvalue weighted by Gasteiger charge is -2.25. The molecule has 0 bridgehead atoms. The Kier molecular flexibility index (Phi) is 5.89. The molecule has 1 N–H and O–H groups in total. The van der Waals surface area contributed by atoms with Crippen LogP contribution in [-0.2, 0) is 11.8 Å². The summed E-state index contributed by atoms with van der Waals surface area (Å²) in [6.07, 6.45) is 5.35. The second-order valence-electron chi connectivity index (χ2n) is 7.90. The summed E-state index contributed by atoms with van der Waals surface area (Å²) in [4.78, 5) is 32.3. The van der Waals surface area contributed by atoms with Gasteiger partial charge in [-0.2, -0.15) is 5.10 Å². The van der Waals surface area contributed by atoms with Crippen molar-refractivity contribution in [3.05, 3.63) is 114 Å². The van der Waals surface area contributed by atoms with Gasteiger partial charge in [0.2, 0.25) is 0 Å². The van der Waals surface area contributed by atoms with Gasteiger partial charge in [0.1, 0.15) is 0 Å². The molecule has 1 aliphatic heterocycles. The molecule has 4 aromatic rings. The third kappa shape index (κ3) is 4.20. The van der Waals surface area contributed by atoms with Crippen LogP contribution in [0.15, 0.2) is 92.5 Å². The van der Waals surface area contributed by atoms with Crippen LogP contribution in [0.5, 0.6) is 0 Å². The molecular weight excluding hydrogens is 514 g/mol. The number of nitrogens with zero attached hydrogens (tertiary/aromatic N) is 4. The zero-order valence-corrected chi connectivity index (χ0v) is 20.8. The highest BCUT2D eigenvalue weighted by Crippen LogP contribution is 2.31. The lowest BCUT2D eigenvalue weighted by Crippen LogP contribution is -2.40. The Hall–Kier alpha value is -3.56. The van der Waals surface area contributed by atoms with E-state index in [2.05, 4.69) is 31.3 Å². The van der Waals surface area contributed by atoms with Crippen molar-refractivity contribution in [3.63, 3.8) is 0 Å². The largest absolute Gasteiger partial charge is 0.322 e. The molecule has 9 heteroatoms. The molecule has 3 heterocycles. The van der Waals surface area contributed by atoms with Gasteiger partial charge in [-0.1, -0.05) is 57.6 Å². The monoisotopic (exact) mass is 533 g/mol. The second kappa shape index (κ2) is 9.00. The lowest BCUT2D eigenvalue weighted by molar-refractivity contribution is -0.113. The number of halogens is 1. The summed E-state index contributed by atoms with van der Waals surface area (Å²) in [5.74, 6) is -0.290. The van der Waals surface area contributed by atoms with E-state index in [1.54, 1.807) is 21.5 Å². The van der Waals surface area contributed by atoms with Crippen molar-refractivity contribution in [2.75, 3.05) is 5.32 Å². The fraction of sp³-hybridized carbons (Fsp3) is 0.120. The number of carbonyl (C=O) groups is 1. The number of amides is 1. The number of carbonyl (C=O) groups excluding carboxylic acids is 1. The predicted molar refractivity (Wildman–Crippen MR) is 136 cm³/mol. The molecule has 34 heavy (non-hydrogen) atoms. The van der Waals surface area contributed by atoms with Crippen molar-refractivity contribution in [1.82, 2.24) is 14.3 Å². The van der Waals surface area contributed by atoms with Gasteiger partial charge in [0.25, 0.3) is 11.5 Å². The highest BCUT2D eigenvalue weighted by Gasteiger charge is 2.32. The minimum Gasteiger partial charge on any atom is -0.322 e. The number of nitrogens with one attached hydrogen (secondary N) is 1. The Morgan fingerprint density at radius 3 is 2.56 bits per heavy atom. The van der Waals surface area contributed by atoms with Gasteiger partial charge in [0.15, 0.2) is 4.80 Å². The summed E-state index contributed by atoms with van der Waals surface area (Å²) in [6, 6.07) is 16.3. The second-order valence-corrected chi connectivity index (χ2v) is 9.83. The molecule has 0 saturated carbocycles. The van der Waals surface area contributed by atoms with Crippen molar-refractivity contribution in [1.29, 1.82) is 0 Å². The summed E-state index contributed by atoms with van der Waals surface area (Å²) >= 11 is 4.77. The van der Waals surface area contributed by atoms with Gasteiger partial charge < -0.3 is 5.32 Å². The number of hydrogen-bond acceptors (Lipinski definition) is 5. The van der Waals surface area contributed by atoms with Crippen LogP contribution >= 0.6 is 27.3 Å². The maximum atomic E-state index is 13.6. The highest BCUT2D eigenvalue weighted by atomic mass is 79.9. The Bertz CT molecular complexity index is 1600. The van der Waals surface area contributed by atoms with Gasteiger partial charge in [-0.05, 0) is 42.8 Å². The van der Waals surface area contributed by atoms with Gasteiger partial charge in [-0.25, -0.2) is 4.99 Å². The van der Waals surface area contributed by atoms with Crippen molar-refractivity contribution in [2.24, 2.45) is 12.0 Å². The molecule has 2 aromatic carbocycles. The highest BCUT2D eigenvalue weighted by molar-refractivity contribution is 9.10. The van der Waals surface area contributed by atoms with Gasteiger partial charge in [-0.3, -0.25) is 18.8 Å². The number of aryl methyl sites for hydroxylation is 1. The molecule has 0 radical (unpaired) electrons. The average molecular weight is 534 g/mol. The Morgan fingerprint density at radius 2 is 1.88 bits per heavy atom. The van der Waals surface area contributed by atoms with Crippen LogP contribution in [-0.4, -0.2) is 20.3 Å². The number of aromatic nitrogens is 3. The van der Waals surface area contributed by atoms with E-state index in [0.29, 0.717) is 26.3 Å². The van der Waals surface area contributed by atoms with E-state index < -0.39 is 6.04 Å². The van der Waals surface area contributed by atoms with Gasteiger partial charge >= 0.3 is 0 Å². The number of allylic oxidation sites excluding steroid dienone is 1. The van der Waals surface area contributed by atoms with E-state index in [1.807, 2.05) is 74.8 Å². The van der Waals surface area contributed by atoms with E-state index in [4.69, 9.17) is 0 Å². The minimum absolute atomic E-state index is 0.196. The molecule has 0 spiro atoms. The molecule has 1 aliphatic rings. The van der Waals surface area contributed by atoms with Crippen LogP contribution in [0.25, 0.3) is 6.08 Å². The van der Waals surface area contributed by atoms with E-state index in [0.717, 1.165) is 15.6 Å². The summed E-state index contributed by atoms with van der Waals surface area (Å²) in [5.41, 5.74) is 3.15. The Balaban J connectivity index is 1.68. The molecule has 5 rings (SSSR count). The van der Waals surface area contributed by atoms with E-state index >= 15 is 0 Å². The summed E-state index contributed by atoms with van der Waals surface area (Å²) in [6.45, 7) is 1.81. The van der Waals surface area contributed by atoms with Crippen molar-refractivity contribution in [2.45, 2.75) is 13.0 Å². The number of fused-ring (bicyclic) bond motifs is 1. The first-order valence-electron chi connectivity index (χ1n) is 10.5. The third-order valence-electron chi connectivity index (χ3n) is 5.51. The van der Waals surface area contributed by atoms with Crippen molar-refractivity contribution < 1.29 is 4.79 Å². The first kappa shape index (κ1) is 22.2. The summed E-state index contributed by atoms with van der Waals surface area (Å²) in [7, 11) is 1.83. The molecule has 2 aromatic heterocycles. The SMILES string of the molecule is CC1=C(C(=O)Nc2ccccc2)C(c2ccc(Br)cc2)n2c(s/c(=C/c3cnn(C)c3)c2=O)=N1. The van der Waals surface area contributed by atoms with Gasteiger partial charge in [0.05, 0.1) is 28.0 Å². The number of thiazole rings is 1. The van der Waals surface area contributed by atoms with Crippen LogP contribution in [0.1, 0.15) is 24.1 Å². The van der Waals surface area contributed by atoms with Crippen LogP contribution in [0, 0.1) is 0 Å². The maximum absolute atomic E-state index is 13.6. The summed E-state index contributed by atoms with van der Waals surface area (Å²) < 4.78 is 4.75. The number of anilines is 1. The van der Waals surface area contributed by atoms with Crippen molar-refractivity contribution >= 4 is 44.9 Å². The molecule has 0 fully saturated rings. The number of para-hydroxylation sites is 1. The lowest BCUT2D eigenvalue weighted by atomic mass is 9.95. The third-order valence-corrected chi connectivity index (χ3v) is 7.02. The topological polar surface area (TPSA) is 81.3 Å². The molecule has 0 saturated heterocycles. The van der Waals surface area contributed by atoms with Crippen molar-refractivity contribution in [3.8, 4) is 0 Å². The summed E-state index contributed by atoms with van der Waals surface area (Å²) in [5, 5.41) is 7.13. The van der Waals surface area contributed by atoms with Crippen LogP contribution in [0.4, 0.5) is 5.69 Å². The zero-order chi connectivity index (χ0) is 23.8. The molecule has 0 aliphatic carbocycles. The molecule has 1 unspecified atom stereocenters. The quantitative estimate of drug-likeness (QED) is 0.436. The first-order valence-corrected chi connectivity index (χ1v) is 12.1. The minimum atomic E-state index is -0.607. The molecule has 1 amide bonds. The van der Waals surface area contributed by atoms with Gasteiger partial charge in [-0.15, -0.1) is 0 Å². The van der Waals surface area contributed by atoms with Crippen LogP contribution in [0.2, 0.25) is 0 Å².